The molecule has 1 aromatic rings. The number of rotatable bonds is 4. The molecule has 5 nitrogen and oxygen atoms in total. The third kappa shape index (κ3) is 2.90. The van der Waals surface area contributed by atoms with Crippen LogP contribution in [0.1, 0.15) is 25.8 Å². The first kappa shape index (κ1) is 13.1. The van der Waals surface area contributed by atoms with Crippen LogP contribution in [-0.2, 0) is 4.74 Å². The molecule has 5 heteroatoms. The van der Waals surface area contributed by atoms with E-state index in [1.165, 1.54) is 0 Å². The molecule has 1 aliphatic heterocycles. The van der Waals surface area contributed by atoms with Gasteiger partial charge in [0.2, 0.25) is 5.95 Å². The van der Waals surface area contributed by atoms with Crippen LogP contribution >= 0.6 is 0 Å². The lowest BCUT2D eigenvalue weighted by Gasteiger charge is -2.35. The Balaban J connectivity index is 2.19. The molecule has 0 aromatic carbocycles. The number of hydrogen-bond acceptors (Lipinski definition) is 5. The molecule has 1 N–H and O–H groups in total. The van der Waals surface area contributed by atoms with E-state index in [-0.39, 0.29) is 0 Å². The van der Waals surface area contributed by atoms with Crippen LogP contribution in [0.2, 0.25) is 0 Å². The molecule has 1 saturated heterocycles. The van der Waals surface area contributed by atoms with Crippen molar-refractivity contribution in [1.82, 2.24) is 9.97 Å². The zero-order chi connectivity index (χ0) is 13.0. The molecular formula is C13H22N4O. The van der Waals surface area contributed by atoms with Crippen LogP contribution in [0.25, 0.3) is 0 Å². The normalized spacial score (nSPS) is 19.9. The monoisotopic (exact) mass is 250 g/mol. The van der Waals surface area contributed by atoms with Gasteiger partial charge in [0.1, 0.15) is 5.82 Å². The molecule has 1 aromatic heterocycles. The van der Waals surface area contributed by atoms with Crippen LogP contribution in [-0.4, -0.2) is 42.3 Å². The third-order valence-corrected chi connectivity index (χ3v) is 3.12. The lowest BCUT2D eigenvalue weighted by molar-refractivity contribution is 0.0985. The molecule has 100 valence electrons. The maximum Gasteiger partial charge on any atom is 0.224 e. The fourth-order valence-corrected chi connectivity index (χ4v) is 2.09. The van der Waals surface area contributed by atoms with E-state index < -0.39 is 0 Å². The lowest BCUT2D eigenvalue weighted by Crippen LogP contribution is -2.44. The molecule has 0 amide bonds. The summed E-state index contributed by atoms with van der Waals surface area (Å²) >= 11 is 0. The van der Waals surface area contributed by atoms with Crippen molar-refractivity contribution < 1.29 is 4.74 Å². The molecule has 1 unspecified atom stereocenters. The van der Waals surface area contributed by atoms with Crippen LogP contribution in [0.3, 0.4) is 0 Å². The average Bonchev–Trinajstić information content (AvgIpc) is 2.39. The number of nitrogens with zero attached hydrogens (tertiary/aromatic N) is 3. The average molecular weight is 250 g/mol. The van der Waals surface area contributed by atoms with Gasteiger partial charge in [0, 0.05) is 24.8 Å². The predicted molar refractivity (Wildman–Crippen MR) is 73.2 cm³/mol. The number of morpholine rings is 1. The van der Waals surface area contributed by atoms with Gasteiger partial charge < -0.3 is 15.0 Å². The first-order chi connectivity index (χ1) is 8.72. The number of nitrogens with one attached hydrogen (secondary N) is 1. The summed E-state index contributed by atoms with van der Waals surface area (Å²) in [6.45, 7) is 9.69. The Morgan fingerprint density at radius 2 is 2.39 bits per heavy atom. The maximum atomic E-state index is 5.47. The Kier molecular flexibility index (Phi) is 4.36. The largest absolute Gasteiger partial charge is 0.377 e. The highest BCUT2D eigenvalue weighted by Crippen LogP contribution is 2.22. The van der Waals surface area contributed by atoms with Crippen LogP contribution in [0.5, 0.6) is 0 Å². The third-order valence-electron chi connectivity index (χ3n) is 3.12. The van der Waals surface area contributed by atoms with Crippen LogP contribution in [0.15, 0.2) is 6.20 Å². The fraction of sp³-hybridized carbons (Fsp3) is 0.692. The predicted octanol–water partition coefficient (Wildman–Crippen LogP) is 1.83. The number of aromatic nitrogens is 2. The van der Waals surface area contributed by atoms with Crippen LogP contribution < -0.4 is 10.2 Å². The highest BCUT2D eigenvalue weighted by Gasteiger charge is 2.22. The van der Waals surface area contributed by atoms with Crippen molar-refractivity contribution in [3.8, 4) is 0 Å². The topological polar surface area (TPSA) is 50.3 Å². The van der Waals surface area contributed by atoms with Gasteiger partial charge in [-0.1, -0.05) is 6.92 Å². The second kappa shape index (κ2) is 6.00. The molecular weight excluding hydrogens is 228 g/mol. The van der Waals surface area contributed by atoms with E-state index in [1.54, 1.807) is 0 Å². The summed E-state index contributed by atoms with van der Waals surface area (Å²) < 4.78 is 5.47. The standard InChI is InChI=1S/C13H22N4O/c1-4-5-14-13-15-8-10(2)12(16-13)17-6-7-18-9-11(17)3/h8,11H,4-7,9H2,1-3H3,(H,14,15,16). The molecule has 0 aliphatic carbocycles. The zero-order valence-electron chi connectivity index (χ0n) is 11.4. The molecule has 1 aliphatic rings. The quantitative estimate of drug-likeness (QED) is 0.883. The summed E-state index contributed by atoms with van der Waals surface area (Å²) in [7, 11) is 0. The summed E-state index contributed by atoms with van der Waals surface area (Å²) in [5.41, 5.74) is 1.12. The second-order valence-electron chi connectivity index (χ2n) is 4.74. The fourth-order valence-electron chi connectivity index (χ4n) is 2.09. The summed E-state index contributed by atoms with van der Waals surface area (Å²) in [6.07, 6.45) is 2.96. The van der Waals surface area contributed by atoms with Crippen LogP contribution in [0, 0.1) is 6.92 Å². The van der Waals surface area contributed by atoms with Crippen molar-refractivity contribution in [2.75, 3.05) is 36.5 Å². The molecule has 1 atom stereocenters. The smallest absolute Gasteiger partial charge is 0.224 e. The van der Waals surface area contributed by atoms with E-state index >= 15 is 0 Å². The first-order valence-electron chi connectivity index (χ1n) is 6.64. The Morgan fingerprint density at radius 3 is 3.11 bits per heavy atom. The van der Waals surface area contributed by atoms with Crippen molar-refractivity contribution in [1.29, 1.82) is 0 Å². The molecule has 0 saturated carbocycles. The second-order valence-corrected chi connectivity index (χ2v) is 4.74. The highest BCUT2D eigenvalue weighted by atomic mass is 16.5. The van der Waals surface area contributed by atoms with Gasteiger partial charge in [0.15, 0.2) is 0 Å². The van der Waals surface area contributed by atoms with Gasteiger partial charge >= 0.3 is 0 Å². The number of aryl methyl sites for hydroxylation is 1. The lowest BCUT2D eigenvalue weighted by atomic mass is 10.2. The van der Waals surface area contributed by atoms with Gasteiger partial charge in [-0.2, -0.15) is 4.98 Å². The van der Waals surface area contributed by atoms with Crippen LogP contribution in [0.4, 0.5) is 11.8 Å². The molecule has 0 bridgehead atoms. The maximum absolute atomic E-state index is 5.47. The highest BCUT2D eigenvalue weighted by molar-refractivity contribution is 5.50. The number of hydrogen-bond donors (Lipinski definition) is 1. The van der Waals surface area contributed by atoms with E-state index in [0.29, 0.717) is 6.04 Å². The van der Waals surface area contributed by atoms with Gasteiger partial charge in [-0.05, 0) is 20.3 Å². The Labute approximate surface area is 109 Å². The zero-order valence-corrected chi connectivity index (χ0v) is 11.4. The van der Waals surface area contributed by atoms with Crippen molar-refractivity contribution in [3.05, 3.63) is 11.8 Å². The van der Waals surface area contributed by atoms with Gasteiger partial charge in [0.25, 0.3) is 0 Å². The summed E-state index contributed by atoms with van der Waals surface area (Å²) in [6, 6.07) is 0.367. The minimum absolute atomic E-state index is 0.367. The molecule has 2 heterocycles. The molecule has 0 radical (unpaired) electrons. The van der Waals surface area contributed by atoms with Crippen molar-refractivity contribution in [2.24, 2.45) is 0 Å². The number of ether oxygens (including phenoxy) is 1. The minimum Gasteiger partial charge on any atom is -0.377 e. The Hall–Kier alpha value is -1.36. The van der Waals surface area contributed by atoms with E-state index in [2.05, 4.69) is 41.0 Å². The number of anilines is 2. The molecule has 2 rings (SSSR count). The van der Waals surface area contributed by atoms with E-state index in [4.69, 9.17) is 4.74 Å². The molecule has 1 fully saturated rings. The molecule has 18 heavy (non-hydrogen) atoms. The molecule has 0 spiro atoms. The van der Waals surface area contributed by atoms with Crippen molar-refractivity contribution >= 4 is 11.8 Å². The van der Waals surface area contributed by atoms with Gasteiger partial charge in [-0.25, -0.2) is 4.98 Å². The van der Waals surface area contributed by atoms with Crippen molar-refractivity contribution in [2.45, 2.75) is 33.2 Å². The van der Waals surface area contributed by atoms with E-state index in [9.17, 15) is 0 Å². The first-order valence-corrected chi connectivity index (χ1v) is 6.64. The van der Waals surface area contributed by atoms with Gasteiger partial charge in [-0.3, -0.25) is 0 Å². The summed E-state index contributed by atoms with van der Waals surface area (Å²) in [5.74, 6) is 1.75. The van der Waals surface area contributed by atoms with E-state index in [0.717, 1.165) is 50.1 Å². The summed E-state index contributed by atoms with van der Waals surface area (Å²) in [4.78, 5) is 11.3. The van der Waals surface area contributed by atoms with E-state index in [1.807, 2.05) is 6.20 Å². The van der Waals surface area contributed by atoms with Crippen molar-refractivity contribution in [3.63, 3.8) is 0 Å². The SMILES string of the molecule is CCCNc1ncc(C)c(N2CCOCC2C)n1. The Bertz CT molecular complexity index is 397. The Morgan fingerprint density at radius 1 is 1.56 bits per heavy atom. The van der Waals surface area contributed by atoms with Gasteiger partial charge in [0.05, 0.1) is 19.3 Å². The van der Waals surface area contributed by atoms with Gasteiger partial charge in [-0.15, -0.1) is 0 Å². The minimum atomic E-state index is 0.367. The summed E-state index contributed by atoms with van der Waals surface area (Å²) in [5, 5.41) is 3.24.